The number of pyridine rings is 1. The number of aromatic nitrogens is 2. The number of benzene rings is 2. The molecular weight excluding hydrogens is 375 g/mol. The fraction of sp³-hybridized carbons (Fsp3) is 0.0526. The number of para-hydroxylation sites is 1. The number of fused-ring (bicyclic) bond motifs is 1. The molecule has 0 saturated heterocycles. The first-order chi connectivity index (χ1) is 12.9. The van der Waals surface area contributed by atoms with Gasteiger partial charge in [-0.15, -0.1) is 0 Å². The molecule has 0 spiro atoms. The van der Waals surface area contributed by atoms with E-state index in [0.717, 1.165) is 16.8 Å². The van der Waals surface area contributed by atoms with Crippen LogP contribution in [-0.2, 0) is 6.18 Å². The molecule has 0 aliphatic carbocycles. The lowest BCUT2D eigenvalue weighted by atomic mass is 10.0. The Morgan fingerprint density at radius 3 is 2.48 bits per heavy atom. The minimum atomic E-state index is -4.36. The van der Waals surface area contributed by atoms with Crippen LogP contribution in [0.15, 0.2) is 60.8 Å². The zero-order chi connectivity index (χ0) is 19.0. The van der Waals surface area contributed by atoms with E-state index in [1.165, 1.54) is 29.7 Å². The first-order valence-corrected chi connectivity index (χ1v) is 8.68. The van der Waals surface area contributed by atoms with Crippen LogP contribution < -0.4 is 10.5 Å². The van der Waals surface area contributed by atoms with Crippen LogP contribution in [0.3, 0.4) is 0 Å². The number of thiazole rings is 1. The van der Waals surface area contributed by atoms with Crippen LogP contribution in [0.4, 0.5) is 18.3 Å². The second kappa shape index (κ2) is 6.55. The Morgan fingerprint density at radius 1 is 0.963 bits per heavy atom. The van der Waals surface area contributed by atoms with Crippen LogP contribution in [0.5, 0.6) is 11.6 Å². The third-order valence-corrected chi connectivity index (χ3v) is 4.74. The molecule has 2 N–H and O–H groups in total. The lowest BCUT2D eigenvalue weighted by Crippen LogP contribution is -2.03. The van der Waals surface area contributed by atoms with Gasteiger partial charge in [-0.05, 0) is 41.5 Å². The van der Waals surface area contributed by atoms with Gasteiger partial charge < -0.3 is 10.5 Å². The van der Waals surface area contributed by atoms with Crippen LogP contribution in [0, 0.1) is 0 Å². The highest BCUT2D eigenvalue weighted by molar-refractivity contribution is 7.22. The monoisotopic (exact) mass is 387 g/mol. The Hall–Kier alpha value is -3.13. The van der Waals surface area contributed by atoms with E-state index in [4.69, 9.17) is 10.5 Å². The number of anilines is 1. The van der Waals surface area contributed by atoms with E-state index in [1.807, 2.05) is 12.1 Å². The van der Waals surface area contributed by atoms with Gasteiger partial charge in [-0.3, -0.25) is 0 Å². The summed E-state index contributed by atoms with van der Waals surface area (Å²) in [5.74, 6) is 0.823. The number of alkyl halides is 3. The highest BCUT2D eigenvalue weighted by Gasteiger charge is 2.29. The second-order valence-corrected chi connectivity index (χ2v) is 6.78. The largest absolute Gasteiger partial charge is 0.437 e. The van der Waals surface area contributed by atoms with Crippen molar-refractivity contribution in [3.63, 3.8) is 0 Å². The first kappa shape index (κ1) is 17.3. The summed E-state index contributed by atoms with van der Waals surface area (Å²) in [4.78, 5) is 8.43. The van der Waals surface area contributed by atoms with Gasteiger partial charge in [0.2, 0.25) is 5.88 Å². The van der Waals surface area contributed by atoms with Gasteiger partial charge in [0.25, 0.3) is 0 Å². The maximum absolute atomic E-state index is 12.7. The molecule has 0 fully saturated rings. The van der Waals surface area contributed by atoms with E-state index in [-0.39, 0.29) is 0 Å². The number of nitrogens with two attached hydrogens (primary N) is 1. The Labute approximate surface area is 156 Å². The summed E-state index contributed by atoms with van der Waals surface area (Å²) in [7, 11) is 0. The van der Waals surface area contributed by atoms with Gasteiger partial charge in [0.15, 0.2) is 10.9 Å². The van der Waals surface area contributed by atoms with Gasteiger partial charge in [-0.25, -0.2) is 9.97 Å². The van der Waals surface area contributed by atoms with E-state index in [2.05, 4.69) is 9.97 Å². The third-order valence-electron chi connectivity index (χ3n) is 3.89. The zero-order valence-corrected chi connectivity index (χ0v) is 14.5. The summed E-state index contributed by atoms with van der Waals surface area (Å²) in [6.07, 6.45) is -2.82. The minimum Gasteiger partial charge on any atom is -0.437 e. The first-order valence-electron chi connectivity index (χ1n) is 7.87. The molecule has 0 amide bonds. The molecule has 0 radical (unpaired) electrons. The van der Waals surface area contributed by atoms with Crippen molar-refractivity contribution in [1.82, 2.24) is 9.97 Å². The Kier molecular flexibility index (Phi) is 4.19. The van der Waals surface area contributed by atoms with Gasteiger partial charge in [0, 0.05) is 12.3 Å². The lowest BCUT2D eigenvalue weighted by Gasteiger charge is -2.09. The molecule has 2 aromatic carbocycles. The van der Waals surface area contributed by atoms with E-state index < -0.39 is 11.7 Å². The predicted octanol–water partition coefficient (Wildman–Crippen LogP) is 5.75. The maximum Gasteiger partial charge on any atom is 0.416 e. The zero-order valence-electron chi connectivity index (χ0n) is 13.7. The van der Waals surface area contributed by atoms with Crippen LogP contribution in [0.2, 0.25) is 0 Å². The number of rotatable bonds is 3. The van der Waals surface area contributed by atoms with Crippen molar-refractivity contribution in [2.24, 2.45) is 0 Å². The van der Waals surface area contributed by atoms with Crippen molar-refractivity contribution < 1.29 is 17.9 Å². The summed E-state index contributed by atoms with van der Waals surface area (Å²) in [5.41, 5.74) is 7.03. The molecule has 4 nitrogen and oxygen atoms in total. The summed E-state index contributed by atoms with van der Waals surface area (Å²) < 4.78 is 44.9. The predicted molar refractivity (Wildman–Crippen MR) is 98.8 cm³/mol. The van der Waals surface area contributed by atoms with Crippen molar-refractivity contribution in [2.75, 3.05) is 5.73 Å². The number of hydrogen-bond acceptors (Lipinski definition) is 5. The fourth-order valence-corrected chi connectivity index (χ4v) is 3.38. The SMILES string of the molecule is Nc1nc2c(Oc3cc(-c4ccc(C(F)(F)F)cc4)ccn3)cccc2s1. The summed E-state index contributed by atoms with van der Waals surface area (Å²) >= 11 is 1.35. The quantitative estimate of drug-likeness (QED) is 0.486. The Bertz CT molecular complexity index is 1110. The van der Waals surface area contributed by atoms with E-state index in [0.29, 0.717) is 33.4 Å². The molecule has 0 atom stereocenters. The number of nitrogens with zero attached hydrogens (tertiary/aromatic N) is 2. The van der Waals surface area contributed by atoms with Crippen LogP contribution in [0.1, 0.15) is 5.56 Å². The standard InChI is InChI=1S/C19H12F3N3OS/c20-19(21,22)13-6-4-11(5-7-13)12-8-9-24-16(10-12)26-14-2-1-3-15-17(14)25-18(23)27-15/h1-10H,(H2,23,25). The normalized spacial score (nSPS) is 11.7. The fourth-order valence-electron chi connectivity index (χ4n) is 2.63. The highest BCUT2D eigenvalue weighted by atomic mass is 32.1. The van der Waals surface area contributed by atoms with Gasteiger partial charge in [-0.2, -0.15) is 13.2 Å². The molecule has 0 aliphatic heterocycles. The van der Waals surface area contributed by atoms with Gasteiger partial charge >= 0.3 is 6.18 Å². The van der Waals surface area contributed by atoms with E-state index in [9.17, 15) is 13.2 Å². The highest BCUT2D eigenvalue weighted by Crippen LogP contribution is 2.35. The van der Waals surface area contributed by atoms with Crippen molar-refractivity contribution in [2.45, 2.75) is 6.18 Å². The number of nitrogen functional groups attached to an aromatic ring is 1. The van der Waals surface area contributed by atoms with E-state index in [1.54, 1.807) is 18.2 Å². The lowest BCUT2D eigenvalue weighted by molar-refractivity contribution is -0.137. The number of halogens is 3. The third kappa shape index (κ3) is 3.56. The molecule has 27 heavy (non-hydrogen) atoms. The average Bonchev–Trinajstić information content (AvgIpc) is 3.03. The van der Waals surface area contributed by atoms with Crippen LogP contribution >= 0.6 is 11.3 Å². The van der Waals surface area contributed by atoms with Crippen molar-refractivity contribution in [1.29, 1.82) is 0 Å². The molecule has 0 bridgehead atoms. The summed E-state index contributed by atoms with van der Waals surface area (Å²) in [6, 6.07) is 13.8. The molecule has 4 rings (SSSR count). The van der Waals surface area contributed by atoms with Gasteiger partial charge in [-0.1, -0.05) is 29.5 Å². The summed E-state index contributed by atoms with van der Waals surface area (Å²) in [5, 5.41) is 0.438. The van der Waals surface area contributed by atoms with Crippen molar-refractivity contribution in [3.8, 4) is 22.8 Å². The smallest absolute Gasteiger partial charge is 0.416 e. The number of hydrogen-bond donors (Lipinski definition) is 1. The molecule has 0 saturated carbocycles. The maximum atomic E-state index is 12.7. The molecule has 136 valence electrons. The second-order valence-electron chi connectivity index (χ2n) is 5.71. The molecule has 0 aliphatic rings. The topological polar surface area (TPSA) is 61.0 Å². The molecule has 2 heterocycles. The Morgan fingerprint density at radius 2 is 1.74 bits per heavy atom. The van der Waals surface area contributed by atoms with Crippen LogP contribution in [0.25, 0.3) is 21.3 Å². The summed E-state index contributed by atoms with van der Waals surface area (Å²) in [6.45, 7) is 0. The molecule has 4 aromatic rings. The van der Waals surface area contributed by atoms with Crippen LogP contribution in [-0.4, -0.2) is 9.97 Å². The molecule has 8 heteroatoms. The van der Waals surface area contributed by atoms with Gasteiger partial charge in [0.1, 0.15) is 5.52 Å². The molecule has 2 aromatic heterocycles. The van der Waals surface area contributed by atoms with Gasteiger partial charge in [0.05, 0.1) is 10.3 Å². The Balaban J connectivity index is 1.64. The van der Waals surface area contributed by atoms with E-state index >= 15 is 0 Å². The van der Waals surface area contributed by atoms with Crippen molar-refractivity contribution in [3.05, 3.63) is 66.4 Å². The minimum absolute atomic E-state index is 0.312. The average molecular weight is 387 g/mol. The molecule has 0 unspecified atom stereocenters. The van der Waals surface area contributed by atoms with Crippen molar-refractivity contribution >= 4 is 26.7 Å². The molecular formula is C19H12F3N3OS. The number of ether oxygens (including phenoxy) is 1.